The fourth-order valence-electron chi connectivity index (χ4n) is 1.55. The molecule has 0 unspecified atom stereocenters. The average molecular weight is 267 g/mol. The van der Waals surface area contributed by atoms with Crippen molar-refractivity contribution in [3.8, 4) is 17.2 Å². The Hall–Kier alpha value is -1.91. The van der Waals surface area contributed by atoms with Crippen molar-refractivity contribution in [1.29, 1.82) is 0 Å². The minimum atomic E-state index is -0.286. The minimum Gasteiger partial charge on any atom is -0.493 e. The molecule has 0 aliphatic carbocycles. The predicted molar refractivity (Wildman–Crippen MR) is 72.9 cm³/mol. The topological polar surface area (TPSA) is 56.8 Å². The van der Waals surface area contributed by atoms with Gasteiger partial charge in [-0.15, -0.1) is 0 Å². The number of rotatable bonds is 5. The molecule has 5 heteroatoms. The van der Waals surface area contributed by atoms with E-state index in [1.54, 1.807) is 18.2 Å². The summed E-state index contributed by atoms with van der Waals surface area (Å²) in [4.78, 5) is 11.7. The molecule has 0 aliphatic heterocycles. The van der Waals surface area contributed by atoms with Crippen molar-refractivity contribution in [2.24, 2.45) is 0 Å². The van der Waals surface area contributed by atoms with Crippen LogP contribution in [0.1, 0.15) is 20.8 Å². The van der Waals surface area contributed by atoms with E-state index in [9.17, 15) is 4.79 Å². The van der Waals surface area contributed by atoms with E-state index in [4.69, 9.17) is 14.2 Å². The number of ether oxygens (including phenoxy) is 3. The lowest BCUT2D eigenvalue weighted by Gasteiger charge is -2.21. The number of hydrogen-bond acceptors (Lipinski definition) is 4. The number of hydrogen-bond donors (Lipinski definition) is 1. The van der Waals surface area contributed by atoms with Gasteiger partial charge in [-0.25, -0.2) is 0 Å². The number of benzene rings is 1. The van der Waals surface area contributed by atoms with Crippen LogP contribution in [0, 0.1) is 0 Å². The summed E-state index contributed by atoms with van der Waals surface area (Å²) in [6.45, 7) is 5.64. The summed E-state index contributed by atoms with van der Waals surface area (Å²) in [5.74, 6) is 1.29. The SMILES string of the molecule is COc1cccc(OC)c1OCC(=O)NC(C)(C)C. The molecule has 1 rings (SSSR count). The van der Waals surface area contributed by atoms with E-state index >= 15 is 0 Å². The van der Waals surface area contributed by atoms with Crippen molar-refractivity contribution < 1.29 is 19.0 Å². The molecule has 1 aromatic carbocycles. The van der Waals surface area contributed by atoms with Gasteiger partial charge < -0.3 is 19.5 Å². The zero-order chi connectivity index (χ0) is 14.5. The number of para-hydroxylation sites is 1. The molecule has 0 heterocycles. The van der Waals surface area contributed by atoms with Crippen molar-refractivity contribution in [1.82, 2.24) is 5.32 Å². The molecule has 0 saturated carbocycles. The van der Waals surface area contributed by atoms with E-state index in [1.807, 2.05) is 20.8 Å². The molecule has 5 nitrogen and oxygen atoms in total. The Morgan fingerprint density at radius 2 is 1.68 bits per heavy atom. The molecule has 0 bridgehead atoms. The lowest BCUT2D eigenvalue weighted by molar-refractivity contribution is -0.124. The second-order valence-corrected chi connectivity index (χ2v) is 5.08. The van der Waals surface area contributed by atoms with E-state index in [2.05, 4.69) is 5.32 Å². The molecule has 19 heavy (non-hydrogen) atoms. The van der Waals surface area contributed by atoms with Crippen LogP contribution in [-0.2, 0) is 4.79 Å². The maximum atomic E-state index is 11.7. The molecular formula is C14H21NO4. The Balaban J connectivity index is 2.74. The van der Waals surface area contributed by atoms with E-state index in [1.165, 1.54) is 14.2 Å². The van der Waals surface area contributed by atoms with Gasteiger partial charge in [0, 0.05) is 5.54 Å². The van der Waals surface area contributed by atoms with Crippen molar-refractivity contribution in [3.05, 3.63) is 18.2 Å². The van der Waals surface area contributed by atoms with Gasteiger partial charge >= 0.3 is 0 Å². The lowest BCUT2D eigenvalue weighted by Crippen LogP contribution is -2.43. The Labute approximate surface area is 113 Å². The number of carbonyl (C=O) groups is 1. The van der Waals surface area contributed by atoms with Gasteiger partial charge in [0.25, 0.3) is 5.91 Å². The third kappa shape index (κ3) is 4.69. The molecule has 0 spiro atoms. The van der Waals surface area contributed by atoms with Gasteiger partial charge in [-0.3, -0.25) is 4.79 Å². The first-order chi connectivity index (χ1) is 8.87. The molecule has 0 aromatic heterocycles. The van der Waals surface area contributed by atoms with Crippen LogP contribution < -0.4 is 19.5 Å². The molecular weight excluding hydrogens is 246 g/mol. The Morgan fingerprint density at radius 1 is 1.16 bits per heavy atom. The number of amides is 1. The fourth-order valence-corrected chi connectivity index (χ4v) is 1.55. The highest BCUT2D eigenvalue weighted by Gasteiger charge is 2.16. The molecule has 0 aliphatic rings. The van der Waals surface area contributed by atoms with E-state index in [0.29, 0.717) is 17.2 Å². The Kier molecular flexibility index (Phi) is 5.03. The largest absolute Gasteiger partial charge is 0.493 e. The summed E-state index contributed by atoms with van der Waals surface area (Å²) in [6.07, 6.45) is 0. The standard InChI is InChI=1S/C14H21NO4/c1-14(2,3)15-12(16)9-19-13-10(17-4)7-6-8-11(13)18-5/h6-8H,9H2,1-5H3,(H,15,16). The summed E-state index contributed by atoms with van der Waals surface area (Å²) in [7, 11) is 3.08. The first kappa shape index (κ1) is 15.1. The van der Waals surface area contributed by atoms with Gasteiger partial charge in [-0.05, 0) is 32.9 Å². The fraction of sp³-hybridized carbons (Fsp3) is 0.500. The van der Waals surface area contributed by atoms with Gasteiger partial charge in [0.2, 0.25) is 5.75 Å². The molecule has 0 saturated heterocycles. The third-order valence-electron chi connectivity index (χ3n) is 2.24. The molecule has 1 amide bonds. The lowest BCUT2D eigenvalue weighted by atomic mass is 10.1. The highest BCUT2D eigenvalue weighted by atomic mass is 16.5. The van der Waals surface area contributed by atoms with Gasteiger partial charge in [-0.1, -0.05) is 6.07 Å². The normalized spacial score (nSPS) is 10.8. The summed E-state index contributed by atoms with van der Waals surface area (Å²) in [6, 6.07) is 5.29. The van der Waals surface area contributed by atoms with Crippen molar-refractivity contribution in [2.75, 3.05) is 20.8 Å². The summed E-state index contributed by atoms with van der Waals surface area (Å²) in [5.41, 5.74) is -0.286. The molecule has 0 fully saturated rings. The van der Waals surface area contributed by atoms with Crippen LogP contribution in [-0.4, -0.2) is 32.3 Å². The van der Waals surface area contributed by atoms with Gasteiger partial charge in [-0.2, -0.15) is 0 Å². The quantitative estimate of drug-likeness (QED) is 0.886. The van der Waals surface area contributed by atoms with Crippen LogP contribution >= 0.6 is 0 Å². The number of carbonyl (C=O) groups excluding carboxylic acids is 1. The summed E-state index contributed by atoms with van der Waals surface area (Å²) in [5, 5.41) is 2.82. The second kappa shape index (κ2) is 6.31. The second-order valence-electron chi connectivity index (χ2n) is 5.08. The van der Waals surface area contributed by atoms with Crippen molar-refractivity contribution in [3.63, 3.8) is 0 Å². The molecule has 1 N–H and O–H groups in total. The third-order valence-corrected chi connectivity index (χ3v) is 2.24. The van der Waals surface area contributed by atoms with Crippen molar-refractivity contribution >= 4 is 5.91 Å². The van der Waals surface area contributed by atoms with Crippen LogP contribution in [0.15, 0.2) is 18.2 Å². The Bertz CT molecular complexity index is 415. The molecule has 1 aromatic rings. The van der Waals surface area contributed by atoms with Crippen LogP contribution in [0.5, 0.6) is 17.2 Å². The van der Waals surface area contributed by atoms with Gasteiger partial charge in [0.15, 0.2) is 18.1 Å². The van der Waals surface area contributed by atoms with Crippen LogP contribution in [0.2, 0.25) is 0 Å². The summed E-state index contributed by atoms with van der Waals surface area (Å²) < 4.78 is 15.9. The zero-order valence-corrected chi connectivity index (χ0v) is 12.1. The minimum absolute atomic E-state index is 0.0893. The maximum absolute atomic E-state index is 11.7. The molecule has 0 radical (unpaired) electrons. The summed E-state index contributed by atoms with van der Waals surface area (Å²) >= 11 is 0. The average Bonchev–Trinajstić information content (AvgIpc) is 2.33. The Morgan fingerprint density at radius 3 is 2.11 bits per heavy atom. The van der Waals surface area contributed by atoms with Crippen LogP contribution in [0.4, 0.5) is 0 Å². The number of nitrogens with one attached hydrogen (secondary N) is 1. The van der Waals surface area contributed by atoms with Crippen LogP contribution in [0.25, 0.3) is 0 Å². The monoisotopic (exact) mass is 267 g/mol. The maximum Gasteiger partial charge on any atom is 0.258 e. The van der Waals surface area contributed by atoms with E-state index in [0.717, 1.165) is 0 Å². The first-order valence-corrected chi connectivity index (χ1v) is 6.02. The smallest absolute Gasteiger partial charge is 0.258 e. The van der Waals surface area contributed by atoms with E-state index < -0.39 is 0 Å². The van der Waals surface area contributed by atoms with Gasteiger partial charge in [0.05, 0.1) is 14.2 Å². The predicted octanol–water partition coefficient (Wildman–Crippen LogP) is 2.00. The van der Waals surface area contributed by atoms with Crippen LogP contribution in [0.3, 0.4) is 0 Å². The molecule has 0 atom stereocenters. The highest BCUT2D eigenvalue weighted by Crippen LogP contribution is 2.36. The zero-order valence-electron chi connectivity index (χ0n) is 12.1. The van der Waals surface area contributed by atoms with E-state index in [-0.39, 0.29) is 18.1 Å². The molecule has 106 valence electrons. The van der Waals surface area contributed by atoms with Crippen molar-refractivity contribution in [2.45, 2.75) is 26.3 Å². The van der Waals surface area contributed by atoms with Gasteiger partial charge in [0.1, 0.15) is 0 Å². The first-order valence-electron chi connectivity index (χ1n) is 6.02. The highest BCUT2D eigenvalue weighted by molar-refractivity contribution is 5.78. The number of methoxy groups -OCH3 is 2.